The van der Waals surface area contributed by atoms with Crippen LogP contribution in [0.25, 0.3) is 0 Å². The number of para-hydroxylation sites is 3. The molecule has 0 spiro atoms. The van der Waals surface area contributed by atoms with Gasteiger partial charge in [0.25, 0.3) is 0 Å². The van der Waals surface area contributed by atoms with Crippen LogP contribution in [0, 0.1) is 0 Å². The van der Waals surface area contributed by atoms with E-state index in [-0.39, 0.29) is 36.7 Å². The van der Waals surface area contributed by atoms with E-state index in [0.29, 0.717) is 71.1 Å². The highest BCUT2D eigenvalue weighted by Gasteiger charge is 2.37. The van der Waals surface area contributed by atoms with Gasteiger partial charge >= 0.3 is 6.09 Å². The summed E-state index contributed by atoms with van der Waals surface area (Å²) in [7, 11) is 3.30. The fourth-order valence-corrected chi connectivity index (χ4v) is 6.48. The van der Waals surface area contributed by atoms with Crippen molar-refractivity contribution in [1.29, 1.82) is 0 Å². The lowest BCUT2D eigenvalue weighted by atomic mass is 9.87. The fourth-order valence-electron chi connectivity index (χ4n) is 6.48. The molecule has 52 heavy (non-hydrogen) atoms. The number of carbonyl (C=O) groups excluding carboxylic acids is 2. The maximum Gasteiger partial charge on any atom is 0.410 e. The molecule has 0 N–H and O–H groups in total. The van der Waals surface area contributed by atoms with Crippen LogP contribution in [0.1, 0.15) is 63.5 Å². The molecule has 3 atom stereocenters. The van der Waals surface area contributed by atoms with Crippen molar-refractivity contribution in [3.05, 3.63) is 83.9 Å². The number of likely N-dealkylation sites (tertiary alicyclic amines) is 1. The maximum absolute atomic E-state index is 13.3. The lowest BCUT2D eigenvalue weighted by Crippen LogP contribution is -2.50. The molecule has 2 aliphatic heterocycles. The lowest BCUT2D eigenvalue weighted by molar-refractivity contribution is -0.119. The van der Waals surface area contributed by atoms with Gasteiger partial charge in [-0.2, -0.15) is 0 Å². The summed E-state index contributed by atoms with van der Waals surface area (Å²) in [6.45, 7) is 9.24. The molecule has 1 fully saturated rings. The van der Waals surface area contributed by atoms with Crippen molar-refractivity contribution in [2.45, 2.75) is 76.8 Å². The molecule has 2 aliphatic rings. The van der Waals surface area contributed by atoms with Gasteiger partial charge in [0.15, 0.2) is 0 Å². The average Bonchev–Trinajstić information content (AvgIpc) is 3.14. The molecule has 1 unspecified atom stereocenters. The monoisotopic (exact) mass is 718 g/mol. The van der Waals surface area contributed by atoms with E-state index in [0.717, 1.165) is 34.7 Å². The number of fused-ring (bicyclic) bond motifs is 1. The second-order valence-corrected chi connectivity index (χ2v) is 14.1. The number of hydrogen-bond acceptors (Lipinski definition) is 9. The molecule has 3 aromatic carbocycles. The van der Waals surface area contributed by atoms with Crippen molar-refractivity contribution >= 4 is 17.7 Å². The molecule has 5 rings (SSSR count). The smallest absolute Gasteiger partial charge is 0.410 e. The zero-order valence-electron chi connectivity index (χ0n) is 31.2. The standard InChI is InChI=1S/C41H54N2O9/c1-41(2,3)52-40(45)42-22-21-34(30-17-19-32(20-18-30)49-25-11-24-48-28-31-12-6-8-14-36(31)47-5)38(27-42)50-29-33-26-43(39(44)16-10-23-46-4)35-13-7-9-15-37(35)51-33/h6-9,12-15,17-20,33-34,38H,10-11,16,21-29H2,1-5H3/t33-,34?,38-/m1/s1. The van der Waals surface area contributed by atoms with E-state index in [2.05, 4.69) is 12.1 Å². The van der Waals surface area contributed by atoms with Gasteiger partial charge in [0.05, 0.1) is 58.4 Å². The van der Waals surface area contributed by atoms with Crippen molar-refractivity contribution in [1.82, 2.24) is 4.90 Å². The molecule has 282 valence electrons. The number of methoxy groups -OCH3 is 2. The summed E-state index contributed by atoms with van der Waals surface area (Å²) in [5.74, 6) is 2.30. The van der Waals surface area contributed by atoms with Crippen LogP contribution in [0.5, 0.6) is 17.2 Å². The Labute approximate surface area is 308 Å². The third-order valence-corrected chi connectivity index (χ3v) is 9.04. The molecule has 2 heterocycles. The van der Waals surface area contributed by atoms with E-state index in [9.17, 15) is 9.59 Å². The number of benzene rings is 3. The van der Waals surface area contributed by atoms with Gasteiger partial charge in [-0.1, -0.05) is 42.5 Å². The summed E-state index contributed by atoms with van der Waals surface area (Å²) in [6, 6.07) is 23.5. The minimum Gasteiger partial charge on any atom is -0.496 e. The summed E-state index contributed by atoms with van der Waals surface area (Å²) >= 11 is 0. The first-order valence-corrected chi connectivity index (χ1v) is 18.2. The van der Waals surface area contributed by atoms with Crippen molar-refractivity contribution in [2.75, 3.05) is 65.2 Å². The van der Waals surface area contributed by atoms with Gasteiger partial charge in [-0.3, -0.25) is 4.79 Å². The number of piperidine rings is 1. The number of nitrogens with zero attached hydrogens (tertiary/aromatic N) is 2. The molecule has 11 heteroatoms. The SMILES string of the molecule is COCCCC(=O)N1C[C@H](CO[C@@H]2CN(C(=O)OC(C)(C)C)CCC2c2ccc(OCCCOCc3ccccc3OC)cc2)Oc2ccccc21. The van der Waals surface area contributed by atoms with Crippen molar-refractivity contribution in [3.63, 3.8) is 0 Å². The molecule has 1 saturated heterocycles. The average molecular weight is 719 g/mol. The highest BCUT2D eigenvalue weighted by Crippen LogP contribution is 2.36. The normalized spacial score (nSPS) is 18.7. The second-order valence-electron chi connectivity index (χ2n) is 14.1. The number of hydrogen-bond donors (Lipinski definition) is 0. The molecule has 0 aromatic heterocycles. The van der Waals surface area contributed by atoms with E-state index in [1.807, 2.05) is 81.4 Å². The van der Waals surface area contributed by atoms with Gasteiger partial charge in [-0.15, -0.1) is 0 Å². The largest absolute Gasteiger partial charge is 0.496 e. The first-order chi connectivity index (χ1) is 25.1. The molecule has 2 amide bonds. The summed E-state index contributed by atoms with van der Waals surface area (Å²) < 4.78 is 41.1. The van der Waals surface area contributed by atoms with Crippen LogP contribution >= 0.6 is 0 Å². The Balaban J connectivity index is 1.19. The van der Waals surface area contributed by atoms with Crippen LogP contribution in [-0.2, 0) is 30.3 Å². The van der Waals surface area contributed by atoms with E-state index in [4.69, 9.17) is 33.2 Å². The van der Waals surface area contributed by atoms with Gasteiger partial charge in [0, 0.05) is 44.6 Å². The summed E-state index contributed by atoms with van der Waals surface area (Å²) in [5, 5.41) is 0. The van der Waals surface area contributed by atoms with E-state index >= 15 is 0 Å². The summed E-state index contributed by atoms with van der Waals surface area (Å²) in [5.41, 5.74) is 2.27. The van der Waals surface area contributed by atoms with Gasteiger partial charge in [-0.05, 0) is 69.5 Å². The fraction of sp³-hybridized carbons (Fsp3) is 0.512. The molecule has 0 aliphatic carbocycles. The molecule has 3 aromatic rings. The molecule has 0 bridgehead atoms. The zero-order valence-corrected chi connectivity index (χ0v) is 31.2. The first-order valence-electron chi connectivity index (χ1n) is 18.2. The van der Waals surface area contributed by atoms with Crippen LogP contribution in [0.2, 0.25) is 0 Å². The third-order valence-electron chi connectivity index (χ3n) is 9.04. The Morgan fingerprint density at radius 2 is 1.65 bits per heavy atom. The Hall–Kier alpha value is -4.32. The van der Waals surface area contributed by atoms with E-state index < -0.39 is 5.60 Å². The zero-order chi connectivity index (χ0) is 36.9. The minimum absolute atomic E-state index is 0.0205. The molecular formula is C41H54N2O9. The highest BCUT2D eigenvalue weighted by atomic mass is 16.6. The first kappa shape index (κ1) is 38.9. The van der Waals surface area contributed by atoms with Crippen LogP contribution < -0.4 is 19.1 Å². The van der Waals surface area contributed by atoms with Gasteiger partial charge < -0.3 is 43.0 Å². The Bertz CT molecular complexity index is 1570. The molecule has 0 radical (unpaired) electrons. The molecule has 11 nitrogen and oxygen atoms in total. The second kappa shape index (κ2) is 19.0. The molecular weight excluding hydrogens is 664 g/mol. The number of anilines is 1. The molecule has 0 saturated carbocycles. The predicted octanol–water partition coefficient (Wildman–Crippen LogP) is 7.01. The van der Waals surface area contributed by atoms with Crippen molar-refractivity contribution in [2.24, 2.45) is 0 Å². The van der Waals surface area contributed by atoms with Crippen molar-refractivity contribution in [3.8, 4) is 17.2 Å². The predicted molar refractivity (Wildman–Crippen MR) is 198 cm³/mol. The Morgan fingerprint density at radius 3 is 2.42 bits per heavy atom. The minimum atomic E-state index is -0.607. The number of rotatable bonds is 16. The lowest BCUT2D eigenvalue weighted by Gasteiger charge is -2.40. The number of amides is 2. The van der Waals surface area contributed by atoms with Gasteiger partial charge in [-0.25, -0.2) is 4.79 Å². The summed E-state index contributed by atoms with van der Waals surface area (Å²) in [4.78, 5) is 29.9. The van der Waals surface area contributed by atoms with E-state index in [1.54, 1.807) is 24.0 Å². The van der Waals surface area contributed by atoms with E-state index in [1.165, 1.54) is 0 Å². The Morgan fingerprint density at radius 1 is 0.885 bits per heavy atom. The maximum atomic E-state index is 13.3. The van der Waals surface area contributed by atoms with Crippen LogP contribution in [0.3, 0.4) is 0 Å². The Kier molecular flexibility index (Phi) is 14.2. The highest BCUT2D eigenvalue weighted by molar-refractivity contribution is 5.95. The van der Waals surface area contributed by atoms with Gasteiger partial charge in [0.2, 0.25) is 5.91 Å². The summed E-state index contributed by atoms with van der Waals surface area (Å²) in [6.07, 6.45) is 1.41. The topological polar surface area (TPSA) is 105 Å². The van der Waals surface area contributed by atoms with Crippen molar-refractivity contribution < 1.29 is 42.7 Å². The van der Waals surface area contributed by atoms with Crippen LogP contribution in [0.15, 0.2) is 72.8 Å². The quantitative estimate of drug-likeness (QED) is 0.145. The number of ether oxygens (including phenoxy) is 7. The van der Waals surface area contributed by atoms with Crippen LogP contribution in [0.4, 0.5) is 10.5 Å². The number of carbonyl (C=O) groups is 2. The van der Waals surface area contributed by atoms with Gasteiger partial charge in [0.1, 0.15) is 29.0 Å². The van der Waals surface area contributed by atoms with Crippen LogP contribution in [-0.4, -0.2) is 95.0 Å². The third kappa shape index (κ3) is 11.1.